The summed E-state index contributed by atoms with van der Waals surface area (Å²) in [6, 6.07) is 20.0. The normalized spacial score (nSPS) is 19.0. The minimum Gasteiger partial charge on any atom is -0.505 e. The highest BCUT2D eigenvalue weighted by molar-refractivity contribution is 6.99. The van der Waals surface area contributed by atoms with E-state index < -0.39 is 61.9 Å². The molecule has 1 aliphatic heterocycles. The third-order valence-electron chi connectivity index (χ3n) is 9.84. The molecule has 11 nitrogen and oxygen atoms in total. The van der Waals surface area contributed by atoms with E-state index in [1.54, 1.807) is 6.92 Å². The van der Waals surface area contributed by atoms with E-state index in [9.17, 15) is 25.2 Å². The van der Waals surface area contributed by atoms with Crippen LogP contribution in [0.1, 0.15) is 66.7 Å². The maximum absolute atomic E-state index is 13.4. The van der Waals surface area contributed by atoms with E-state index in [2.05, 4.69) is 81.2 Å². The van der Waals surface area contributed by atoms with E-state index in [1.165, 1.54) is 36.6 Å². The van der Waals surface area contributed by atoms with Crippen LogP contribution in [0.4, 0.5) is 0 Å². The Balaban J connectivity index is 1.77. The van der Waals surface area contributed by atoms with Gasteiger partial charge in [0.1, 0.15) is 12.1 Å². The van der Waals surface area contributed by atoms with Crippen LogP contribution in [-0.2, 0) is 28.2 Å². The Kier molecular flexibility index (Phi) is 15.2. The lowest BCUT2D eigenvalue weighted by molar-refractivity contribution is -0.153. The number of diazo groups is 1. The second-order valence-electron chi connectivity index (χ2n) is 14.4. The van der Waals surface area contributed by atoms with Crippen LogP contribution >= 0.6 is 0 Å². The number of benzene rings is 2. The molecule has 2 N–H and O–H groups in total. The molecule has 1 aliphatic rings. The summed E-state index contributed by atoms with van der Waals surface area (Å²) in [7, 11) is 1.49. The second kappa shape index (κ2) is 18.6. The molecule has 0 bridgehead atoms. The molecule has 1 amide bonds. The molecular formula is C38H56N3O8Si+. The van der Waals surface area contributed by atoms with Gasteiger partial charge in [0.25, 0.3) is 8.32 Å². The van der Waals surface area contributed by atoms with Gasteiger partial charge in [-0.25, -0.2) is 4.79 Å². The van der Waals surface area contributed by atoms with E-state index in [4.69, 9.17) is 18.6 Å². The SMILES string of the molecule is COC(=O)[C@@H]1CCCCN1C(=O)/C([N+]#N)=C(\O)[C@H](C)C[C@H](OC)[C@H](O)[C@H](C[C@@H](C)CO[Si](c1ccccc1)(c1ccccc1)C(C)(C)C)OC. The maximum Gasteiger partial charge on any atom is 0.485 e. The van der Waals surface area contributed by atoms with Crippen LogP contribution in [0.2, 0.25) is 5.04 Å². The van der Waals surface area contributed by atoms with Crippen molar-refractivity contribution in [3.63, 3.8) is 0 Å². The molecule has 3 rings (SSSR count). The Morgan fingerprint density at radius 2 is 1.48 bits per heavy atom. The van der Waals surface area contributed by atoms with E-state index in [0.29, 0.717) is 25.9 Å². The molecule has 0 aliphatic carbocycles. The van der Waals surface area contributed by atoms with E-state index >= 15 is 0 Å². The second-order valence-corrected chi connectivity index (χ2v) is 18.7. The van der Waals surface area contributed by atoms with Gasteiger partial charge in [0.2, 0.25) is 5.39 Å². The van der Waals surface area contributed by atoms with Gasteiger partial charge in [0.15, 0.2) is 10.7 Å². The third kappa shape index (κ3) is 9.38. The van der Waals surface area contributed by atoms with E-state index in [-0.39, 0.29) is 23.9 Å². The fourth-order valence-electron chi connectivity index (χ4n) is 7.07. The number of hydrogen-bond donors (Lipinski definition) is 2. The third-order valence-corrected chi connectivity index (χ3v) is 14.8. The summed E-state index contributed by atoms with van der Waals surface area (Å²) in [5.74, 6) is -2.57. The highest BCUT2D eigenvalue weighted by Crippen LogP contribution is 2.37. The first-order valence-corrected chi connectivity index (χ1v) is 19.3. The standard InChI is InChI=1S/C38H55N3O8Si/c1-26(25-49-50(38(3,4)5,28-17-11-9-12-18-28)29-19-13-10-14-20-29)23-31(46-6)35(43)32(47-7)24-27(2)34(42)33(40-39)36(44)41-22-16-15-21-30(41)37(45)48-8/h9-14,17-20,26-27,30-32,35,43H,15-16,21-25H2,1-8H3/p+1/t26-,27-,30+,31+,32+,35-/m1/s1. The number of piperidine rings is 1. The highest BCUT2D eigenvalue weighted by atomic mass is 28.4. The molecule has 50 heavy (non-hydrogen) atoms. The van der Waals surface area contributed by atoms with Gasteiger partial charge >= 0.3 is 17.6 Å². The topological polar surface area (TPSA) is 143 Å². The molecule has 6 atom stereocenters. The summed E-state index contributed by atoms with van der Waals surface area (Å²) in [4.78, 5) is 30.1. The number of allylic oxidation sites excluding steroid dienone is 1. The first kappa shape index (κ1) is 40.8. The highest BCUT2D eigenvalue weighted by Gasteiger charge is 2.50. The molecule has 0 aromatic heterocycles. The van der Waals surface area contributed by atoms with Crippen molar-refractivity contribution in [1.29, 1.82) is 5.39 Å². The molecule has 274 valence electrons. The fraction of sp³-hybridized carbons (Fsp3) is 0.579. The Morgan fingerprint density at radius 1 is 0.940 bits per heavy atom. The van der Waals surface area contributed by atoms with Crippen molar-refractivity contribution in [3.8, 4) is 0 Å². The zero-order valence-corrected chi connectivity index (χ0v) is 31.9. The number of nitrogens with zero attached hydrogens (tertiary/aromatic N) is 3. The summed E-state index contributed by atoms with van der Waals surface area (Å²) >= 11 is 0. The van der Waals surface area contributed by atoms with E-state index in [0.717, 1.165) is 6.42 Å². The van der Waals surface area contributed by atoms with Gasteiger partial charge in [-0.15, -0.1) is 0 Å². The van der Waals surface area contributed by atoms with Crippen LogP contribution in [-0.4, -0.2) is 94.1 Å². The molecule has 1 heterocycles. The maximum atomic E-state index is 13.4. The molecule has 1 saturated heterocycles. The van der Waals surface area contributed by atoms with Gasteiger partial charge in [0, 0.05) is 33.3 Å². The lowest BCUT2D eigenvalue weighted by Gasteiger charge is -2.43. The number of carbonyl (C=O) groups excluding carboxylic acids is 2. The van der Waals surface area contributed by atoms with Crippen molar-refractivity contribution in [2.45, 2.75) is 96.1 Å². The summed E-state index contributed by atoms with van der Waals surface area (Å²) in [5.41, 5.74) is -0.560. The van der Waals surface area contributed by atoms with Crippen LogP contribution in [0, 0.1) is 17.2 Å². The van der Waals surface area contributed by atoms with Crippen LogP contribution in [0.15, 0.2) is 72.1 Å². The summed E-state index contributed by atoms with van der Waals surface area (Å²) in [5, 5.41) is 34.6. The number of rotatable bonds is 16. The van der Waals surface area contributed by atoms with E-state index in [1.807, 2.05) is 12.1 Å². The molecule has 1 fully saturated rings. The number of ether oxygens (including phenoxy) is 3. The number of methoxy groups -OCH3 is 3. The van der Waals surface area contributed by atoms with Crippen molar-refractivity contribution in [1.82, 2.24) is 4.90 Å². The van der Waals surface area contributed by atoms with Gasteiger partial charge in [-0.05, 0) is 53.4 Å². The van der Waals surface area contributed by atoms with Crippen molar-refractivity contribution >= 4 is 30.6 Å². The lowest BCUT2D eigenvalue weighted by atomic mass is 9.91. The minimum absolute atomic E-state index is 0.0100. The summed E-state index contributed by atoms with van der Waals surface area (Å²) in [6.07, 6.45) is -0.166. The zero-order valence-electron chi connectivity index (χ0n) is 30.9. The number of aliphatic hydroxyl groups is 2. The number of carbonyl (C=O) groups is 2. The molecule has 12 heteroatoms. The van der Waals surface area contributed by atoms with Crippen LogP contribution in [0.3, 0.4) is 0 Å². The molecule has 2 aromatic carbocycles. The van der Waals surface area contributed by atoms with Crippen molar-refractivity contribution in [3.05, 3.63) is 77.1 Å². The van der Waals surface area contributed by atoms with Gasteiger partial charge in [-0.2, -0.15) is 0 Å². The van der Waals surface area contributed by atoms with Gasteiger partial charge in [-0.1, -0.05) is 95.3 Å². The average Bonchev–Trinajstić information content (AvgIpc) is 3.12. The summed E-state index contributed by atoms with van der Waals surface area (Å²) < 4.78 is 23.5. The Hall–Kier alpha value is -3.60. The first-order chi connectivity index (χ1) is 23.8. The van der Waals surface area contributed by atoms with Crippen LogP contribution in [0.5, 0.6) is 0 Å². The molecule has 0 radical (unpaired) electrons. The number of aliphatic hydroxyl groups excluding tert-OH is 2. The average molecular weight is 711 g/mol. The summed E-state index contributed by atoms with van der Waals surface area (Å²) in [6.45, 7) is 11.1. The molecule has 2 aromatic rings. The Morgan fingerprint density at radius 3 is 1.96 bits per heavy atom. The largest absolute Gasteiger partial charge is 0.505 e. The molecule has 0 unspecified atom stereocenters. The first-order valence-electron chi connectivity index (χ1n) is 17.4. The predicted molar refractivity (Wildman–Crippen MR) is 195 cm³/mol. The van der Waals surface area contributed by atoms with Crippen molar-refractivity contribution in [2.24, 2.45) is 11.8 Å². The van der Waals surface area contributed by atoms with Crippen LogP contribution in [0.25, 0.3) is 4.98 Å². The number of likely N-dealkylation sites (tertiary alicyclic amines) is 1. The monoisotopic (exact) mass is 710 g/mol. The molecular weight excluding hydrogens is 655 g/mol. The Bertz CT molecular complexity index is 1420. The number of amides is 1. The van der Waals surface area contributed by atoms with Crippen molar-refractivity contribution in [2.75, 3.05) is 34.5 Å². The molecule has 0 saturated carbocycles. The van der Waals surface area contributed by atoms with Crippen LogP contribution < -0.4 is 10.4 Å². The fourth-order valence-corrected chi connectivity index (χ4v) is 11.8. The number of hydrogen-bond acceptors (Lipinski definition) is 9. The van der Waals surface area contributed by atoms with Gasteiger partial charge in [0.05, 0.1) is 19.3 Å². The molecule has 0 spiro atoms. The van der Waals surface area contributed by atoms with Crippen molar-refractivity contribution < 1.29 is 38.4 Å². The quantitative estimate of drug-likeness (QED) is 0.0792. The Labute approximate surface area is 298 Å². The number of esters is 1. The zero-order chi connectivity index (χ0) is 37.1. The smallest absolute Gasteiger partial charge is 0.485 e. The lowest BCUT2D eigenvalue weighted by Crippen LogP contribution is -2.66. The predicted octanol–water partition coefficient (Wildman–Crippen LogP) is 5.18. The minimum atomic E-state index is -2.76. The van der Waals surface area contributed by atoms with Gasteiger partial charge in [-0.3, -0.25) is 4.79 Å². The van der Waals surface area contributed by atoms with Gasteiger partial charge < -0.3 is 33.7 Å².